The van der Waals surface area contributed by atoms with Gasteiger partial charge in [0, 0.05) is 31.1 Å². The second kappa shape index (κ2) is 7.81. The van der Waals surface area contributed by atoms with Crippen molar-refractivity contribution in [1.82, 2.24) is 9.21 Å². The third-order valence-electron chi connectivity index (χ3n) is 4.15. The van der Waals surface area contributed by atoms with Crippen LogP contribution in [0.2, 0.25) is 0 Å². The van der Waals surface area contributed by atoms with E-state index in [2.05, 4.69) is 42.5 Å². The smallest absolute Gasteiger partial charge is 0.211 e. The van der Waals surface area contributed by atoms with Crippen molar-refractivity contribution in [2.24, 2.45) is 5.92 Å². The van der Waals surface area contributed by atoms with Crippen LogP contribution in [-0.2, 0) is 16.6 Å². The molecule has 1 aromatic carbocycles. The predicted octanol–water partition coefficient (Wildman–Crippen LogP) is 2.51. The van der Waals surface area contributed by atoms with Crippen LogP contribution in [0.4, 0.5) is 0 Å². The van der Waals surface area contributed by atoms with E-state index in [9.17, 15) is 8.42 Å². The van der Waals surface area contributed by atoms with Crippen molar-refractivity contribution in [3.8, 4) is 0 Å². The van der Waals surface area contributed by atoms with Gasteiger partial charge in [-0.3, -0.25) is 0 Å². The summed E-state index contributed by atoms with van der Waals surface area (Å²) in [5, 5.41) is 0. The molecule has 0 bridgehead atoms. The van der Waals surface area contributed by atoms with Crippen LogP contribution in [0.15, 0.2) is 29.2 Å². The number of benzene rings is 1. The number of piperidine rings is 1. The summed E-state index contributed by atoms with van der Waals surface area (Å²) in [4.78, 5) is 3.63. The number of sulfonamides is 1. The molecule has 0 radical (unpaired) electrons. The van der Waals surface area contributed by atoms with Crippen LogP contribution in [-0.4, -0.2) is 56.8 Å². The van der Waals surface area contributed by atoms with Gasteiger partial charge < -0.3 is 4.90 Å². The Kier molecular flexibility index (Phi) is 6.32. The van der Waals surface area contributed by atoms with E-state index in [1.807, 2.05) is 0 Å². The Balaban J connectivity index is 1.93. The molecule has 0 N–H and O–H groups in total. The molecule has 1 aromatic rings. The van der Waals surface area contributed by atoms with E-state index in [1.165, 1.54) is 16.7 Å². The lowest BCUT2D eigenvalue weighted by Gasteiger charge is -2.33. The van der Waals surface area contributed by atoms with Crippen molar-refractivity contribution in [3.05, 3.63) is 29.8 Å². The van der Waals surface area contributed by atoms with Gasteiger partial charge in [-0.15, -0.1) is 11.8 Å². The number of hydrogen-bond acceptors (Lipinski definition) is 4. The van der Waals surface area contributed by atoms with E-state index >= 15 is 0 Å². The first kappa shape index (κ1) is 17.8. The molecule has 2 rings (SSSR count). The third kappa shape index (κ3) is 4.98. The Labute approximate surface area is 138 Å². The predicted molar refractivity (Wildman–Crippen MR) is 93.7 cm³/mol. The summed E-state index contributed by atoms with van der Waals surface area (Å²) in [6.07, 6.45) is 5.49. The van der Waals surface area contributed by atoms with Crippen LogP contribution in [0.25, 0.3) is 0 Å². The number of hydrogen-bond donors (Lipinski definition) is 0. The molecule has 124 valence electrons. The highest BCUT2D eigenvalue weighted by atomic mass is 32.2. The lowest BCUT2D eigenvalue weighted by atomic mass is 9.99. The molecule has 6 heteroatoms. The molecule has 22 heavy (non-hydrogen) atoms. The van der Waals surface area contributed by atoms with Gasteiger partial charge >= 0.3 is 0 Å². The molecule has 4 nitrogen and oxygen atoms in total. The highest BCUT2D eigenvalue weighted by molar-refractivity contribution is 7.98. The third-order valence-corrected chi connectivity index (χ3v) is 6.26. The van der Waals surface area contributed by atoms with Gasteiger partial charge in [0.15, 0.2) is 0 Å². The summed E-state index contributed by atoms with van der Waals surface area (Å²) >= 11 is 1.77. The lowest BCUT2D eigenvalue weighted by molar-refractivity contribution is 0.196. The van der Waals surface area contributed by atoms with E-state index in [-0.39, 0.29) is 0 Å². The second-order valence-electron chi connectivity index (χ2n) is 6.14. The molecular weight excluding hydrogens is 316 g/mol. The minimum atomic E-state index is -3.05. The minimum Gasteiger partial charge on any atom is -0.302 e. The van der Waals surface area contributed by atoms with Gasteiger partial charge in [0.05, 0.1) is 6.26 Å². The zero-order valence-electron chi connectivity index (χ0n) is 13.7. The summed E-state index contributed by atoms with van der Waals surface area (Å²) in [5.41, 5.74) is 1.34. The highest BCUT2D eigenvalue weighted by Gasteiger charge is 2.26. The van der Waals surface area contributed by atoms with Gasteiger partial charge in [-0.25, -0.2) is 12.7 Å². The average molecular weight is 343 g/mol. The molecule has 1 heterocycles. The summed E-state index contributed by atoms with van der Waals surface area (Å²) < 4.78 is 25.0. The summed E-state index contributed by atoms with van der Waals surface area (Å²) in [6.45, 7) is 3.18. The van der Waals surface area contributed by atoms with Crippen LogP contribution in [0.1, 0.15) is 18.4 Å². The van der Waals surface area contributed by atoms with Crippen molar-refractivity contribution in [3.63, 3.8) is 0 Å². The van der Waals surface area contributed by atoms with Crippen LogP contribution in [0, 0.1) is 5.92 Å². The molecular formula is C16H26N2O2S2. The van der Waals surface area contributed by atoms with Gasteiger partial charge in [0.25, 0.3) is 0 Å². The monoisotopic (exact) mass is 342 g/mol. The Hall–Kier alpha value is -0.560. The van der Waals surface area contributed by atoms with Gasteiger partial charge in [0.1, 0.15) is 0 Å². The SMILES string of the molecule is CSc1ccccc1CN(C)CC1CCCN(S(C)(=O)=O)C1. The molecule has 1 saturated heterocycles. The van der Waals surface area contributed by atoms with Gasteiger partial charge in [-0.05, 0) is 43.7 Å². The fourth-order valence-corrected chi connectivity index (χ4v) is 4.66. The Bertz CT molecular complexity index is 590. The van der Waals surface area contributed by atoms with E-state index in [4.69, 9.17) is 0 Å². The van der Waals surface area contributed by atoms with Crippen molar-refractivity contribution in [2.45, 2.75) is 24.3 Å². The van der Waals surface area contributed by atoms with E-state index in [1.54, 1.807) is 16.1 Å². The maximum absolute atomic E-state index is 11.7. The van der Waals surface area contributed by atoms with Gasteiger partial charge in [-0.2, -0.15) is 0 Å². The lowest BCUT2D eigenvalue weighted by Crippen LogP contribution is -2.42. The summed E-state index contributed by atoms with van der Waals surface area (Å²) in [6, 6.07) is 8.47. The molecule has 1 atom stereocenters. The van der Waals surface area contributed by atoms with Crippen LogP contribution in [0.3, 0.4) is 0 Å². The molecule has 1 fully saturated rings. The molecule has 1 aliphatic heterocycles. The normalized spacial score (nSPS) is 20.5. The Morgan fingerprint density at radius 2 is 2.09 bits per heavy atom. The Morgan fingerprint density at radius 1 is 1.36 bits per heavy atom. The fourth-order valence-electron chi connectivity index (χ4n) is 3.11. The zero-order chi connectivity index (χ0) is 16.2. The molecule has 0 spiro atoms. The van der Waals surface area contributed by atoms with E-state index in [0.717, 1.165) is 25.9 Å². The Morgan fingerprint density at radius 3 is 2.77 bits per heavy atom. The number of rotatable bonds is 6. The number of thioether (sulfide) groups is 1. The fraction of sp³-hybridized carbons (Fsp3) is 0.625. The summed E-state index contributed by atoms with van der Waals surface area (Å²) in [5.74, 6) is 0.426. The first-order valence-corrected chi connectivity index (χ1v) is 10.7. The van der Waals surface area contributed by atoms with E-state index in [0.29, 0.717) is 19.0 Å². The maximum Gasteiger partial charge on any atom is 0.211 e. The first-order valence-electron chi connectivity index (χ1n) is 7.65. The standard InChI is InChI=1S/C16H26N2O2S2/c1-17(13-15-8-4-5-9-16(15)21-2)11-14-7-6-10-18(12-14)22(3,19)20/h4-5,8-9,14H,6-7,10-13H2,1-3H3. The quantitative estimate of drug-likeness (QED) is 0.745. The van der Waals surface area contributed by atoms with Crippen molar-refractivity contribution < 1.29 is 8.42 Å². The summed E-state index contributed by atoms with van der Waals surface area (Å²) in [7, 11) is -0.931. The van der Waals surface area contributed by atoms with Crippen LogP contribution >= 0.6 is 11.8 Å². The molecule has 1 unspecified atom stereocenters. The minimum absolute atomic E-state index is 0.426. The second-order valence-corrected chi connectivity index (χ2v) is 8.97. The highest BCUT2D eigenvalue weighted by Crippen LogP contribution is 2.23. The molecule has 0 amide bonds. The van der Waals surface area contributed by atoms with Crippen LogP contribution in [0.5, 0.6) is 0 Å². The van der Waals surface area contributed by atoms with Gasteiger partial charge in [0.2, 0.25) is 10.0 Å². The molecule has 0 aliphatic carbocycles. The van der Waals surface area contributed by atoms with Crippen LogP contribution < -0.4 is 0 Å². The van der Waals surface area contributed by atoms with Crippen molar-refractivity contribution in [1.29, 1.82) is 0 Å². The molecule has 1 aliphatic rings. The first-order chi connectivity index (χ1) is 10.4. The molecule has 0 aromatic heterocycles. The van der Waals surface area contributed by atoms with E-state index < -0.39 is 10.0 Å². The zero-order valence-corrected chi connectivity index (χ0v) is 15.3. The largest absolute Gasteiger partial charge is 0.302 e. The number of nitrogens with zero attached hydrogens (tertiary/aromatic N) is 2. The van der Waals surface area contributed by atoms with Crippen molar-refractivity contribution in [2.75, 3.05) is 39.2 Å². The maximum atomic E-state index is 11.7. The van der Waals surface area contributed by atoms with Crippen molar-refractivity contribution >= 4 is 21.8 Å². The topological polar surface area (TPSA) is 40.6 Å². The average Bonchev–Trinajstić information content (AvgIpc) is 2.47. The van der Waals surface area contributed by atoms with Gasteiger partial charge in [-0.1, -0.05) is 18.2 Å². The molecule has 0 saturated carbocycles.